The van der Waals surface area contributed by atoms with Crippen LogP contribution >= 0.6 is 23.7 Å². The number of sulfone groups is 2. The number of methoxy groups -OCH3 is 1. The van der Waals surface area contributed by atoms with E-state index in [0.717, 1.165) is 6.26 Å². The molecule has 0 radical (unpaired) electrons. The number of halogens is 1. The van der Waals surface area contributed by atoms with Crippen LogP contribution in [-0.4, -0.2) is 78.9 Å². The van der Waals surface area contributed by atoms with Gasteiger partial charge in [0, 0.05) is 25.8 Å². The van der Waals surface area contributed by atoms with Gasteiger partial charge in [0.25, 0.3) is 0 Å². The van der Waals surface area contributed by atoms with Crippen LogP contribution in [0.25, 0.3) is 10.2 Å². The minimum absolute atomic E-state index is 0. The zero-order valence-corrected chi connectivity index (χ0v) is 23.8. The summed E-state index contributed by atoms with van der Waals surface area (Å²) < 4.78 is 54.8. The maximum atomic E-state index is 13.1. The summed E-state index contributed by atoms with van der Waals surface area (Å²) in [6.45, 7) is 0.955. The van der Waals surface area contributed by atoms with E-state index in [2.05, 4.69) is 4.98 Å². The molecule has 0 aliphatic carbocycles. The first-order valence-corrected chi connectivity index (χ1v) is 15.2. The zero-order chi connectivity index (χ0) is 25.8. The average Bonchev–Trinajstić information content (AvgIpc) is 3.21. The van der Waals surface area contributed by atoms with Crippen LogP contribution in [-0.2, 0) is 24.5 Å². The normalized spacial score (nSPS) is 11.9. The van der Waals surface area contributed by atoms with Crippen LogP contribution in [0.1, 0.15) is 12.8 Å². The highest BCUT2D eigenvalue weighted by molar-refractivity contribution is 7.91. The summed E-state index contributed by atoms with van der Waals surface area (Å²) in [5, 5.41) is 0.454. The van der Waals surface area contributed by atoms with Crippen LogP contribution < -0.4 is 9.64 Å². The highest BCUT2D eigenvalue weighted by Gasteiger charge is 2.22. The number of hydrogen-bond donors (Lipinski definition) is 0. The molecule has 1 aromatic heterocycles. The first kappa shape index (κ1) is 30.0. The predicted octanol–water partition coefficient (Wildman–Crippen LogP) is 3.28. The predicted molar refractivity (Wildman–Crippen MR) is 145 cm³/mol. The van der Waals surface area contributed by atoms with E-state index in [1.54, 1.807) is 29.2 Å². The molecular formula is C23H30ClN3O6S3. The minimum atomic E-state index is -3.54. The SMILES string of the molecule is COc1ccc(S(=O)(=O)CCCC(=O)N(CCN(C)C)c2nc3ccc(S(C)(=O)=O)cc3s2)cc1.Cl. The highest BCUT2D eigenvalue weighted by Crippen LogP contribution is 2.31. The quantitative estimate of drug-likeness (QED) is 0.342. The Labute approximate surface area is 222 Å². The van der Waals surface area contributed by atoms with Gasteiger partial charge in [-0.2, -0.15) is 0 Å². The second-order valence-electron chi connectivity index (χ2n) is 8.34. The van der Waals surface area contributed by atoms with Crippen molar-refractivity contribution in [2.24, 2.45) is 0 Å². The summed E-state index contributed by atoms with van der Waals surface area (Å²) in [7, 11) is -1.62. The van der Waals surface area contributed by atoms with Gasteiger partial charge in [-0.1, -0.05) is 11.3 Å². The van der Waals surface area contributed by atoms with E-state index in [4.69, 9.17) is 4.74 Å². The molecule has 3 aromatic rings. The highest BCUT2D eigenvalue weighted by atomic mass is 35.5. The first-order valence-electron chi connectivity index (χ1n) is 10.8. The fourth-order valence-electron chi connectivity index (χ4n) is 3.32. The summed E-state index contributed by atoms with van der Waals surface area (Å²) in [5.41, 5.74) is 0.599. The molecule has 0 aliphatic rings. The number of thiazole rings is 1. The topological polar surface area (TPSA) is 114 Å². The second-order valence-corrected chi connectivity index (χ2v) is 13.5. The van der Waals surface area contributed by atoms with Crippen molar-refractivity contribution in [2.45, 2.75) is 22.6 Å². The molecule has 13 heteroatoms. The zero-order valence-electron chi connectivity index (χ0n) is 20.5. The van der Waals surface area contributed by atoms with Crippen LogP contribution in [0.5, 0.6) is 5.75 Å². The van der Waals surface area contributed by atoms with Crippen LogP contribution in [0.4, 0.5) is 5.13 Å². The molecule has 0 unspecified atom stereocenters. The van der Waals surface area contributed by atoms with Gasteiger partial charge in [0.1, 0.15) is 5.75 Å². The van der Waals surface area contributed by atoms with Crippen LogP contribution in [0, 0.1) is 0 Å². The van der Waals surface area contributed by atoms with Crippen molar-refractivity contribution in [1.29, 1.82) is 0 Å². The Morgan fingerprint density at radius 1 is 1.00 bits per heavy atom. The fraction of sp³-hybridized carbons (Fsp3) is 0.391. The molecule has 0 fully saturated rings. The Morgan fingerprint density at radius 3 is 2.22 bits per heavy atom. The van der Waals surface area contributed by atoms with Gasteiger partial charge in [-0.25, -0.2) is 21.8 Å². The van der Waals surface area contributed by atoms with Crippen molar-refractivity contribution in [1.82, 2.24) is 9.88 Å². The van der Waals surface area contributed by atoms with Gasteiger partial charge in [-0.15, -0.1) is 12.4 Å². The third-order valence-corrected chi connectivity index (χ3v) is 9.27. The number of amides is 1. The number of benzene rings is 2. The molecule has 0 bridgehead atoms. The average molecular weight is 576 g/mol. The van der Waals surface area contributed by atoms with Crippen molar-refractivity contribution >= 4 is 64.7 Å². The summed E-state index contributed by atoms with van der Waals surface area (Å²) in [4.78, 5) is 21.5. The van der Waals surface area contributed by atoms with Crippen molar-refractivity contribution in [3.8, 4) is 5.75 Å². The maximum Gasteiger partial charge on any atom is 0.228 e. The number of aromatic nitrogens is 1. The van der Waals surface area contributed by atoms with Crippen molar-refractivity contribution < 1.29 is 26.4 Å². The molecule has 0 N–H and O–H groups in total. The van der Waals surface area contributed by atoms with Gasteiger partial charge in [0.05, 0.1) is 32.9 Å². The molecule has 0 aliphatic heterocycles. The summed E-state index contributed by atoms with van der Waals surface area (Å²) >= 11 is 1.24. The van der Waals surface area contributed by atoms with Gasteiger partial charge in [0.15, 0.2) is 24.8 Å². The molecular weight excluding hydrogens is 546 g/mol. The van der Waals surface area contributed by atoms with Gasteiger partial charge in [-0.3, -0.25) is 9.69 Å². The minimum Gasteiger partial charge on any atom is -0.497 e. The molecule has 198 valence electrons. The largest absolute Gasteiger partial charge is 0.497 e. The van der Waals surface area contributed by atoms with Crippen molar-refractivity contribution in [3.63, 3.8) is 0 Å². The number of carbonyl (C=O) groups is 1. The van der Waals surface area contributed by atoms with Gasteiger partial charge in [-0.05, 0) is 63.0 Å². The lowest BCUT2D eigenvalue weighted by Gasteiger charge is -2.22. The smallest absolute Gasteiger partial charge is 0.228 e. The standard InChI is InChI=1S/C23H29N3O6S3.ClH/c1-25(2)13-14-26(23-24-20-12-11-19(34(4,28)29)16-21(20)33-23)22(27)6-5-15-35(30,31)18-9-7-17(32-3)8-10-18;/h7-12,16H,5-6,13-15H2,1-4H3;1H. The molecule has 0 saturated carbocycles. The molecule has 0 atom stereocenters. The maximum absolute atomic E-state index is 13.1. The van der Waals surface area contributed by atoms with E-state index in [1.807, 2.05) is 19.0 Å². The molecule has 1 heterocycles. The third-order valence-electron chi connectivity index (χ3n) is 5.30. The van der Waals surface area contributed by atoms with Crippen molar-refractivity contribution in [2.75, 3.05) is 51.2 Å². The molecule has 1 amide bonds. The number of nitrogens with zero attached hydrogens (tertiary/aromatic N) is 3. The Bertz CT molecular complexity index is 1400. The number of rotatable bonds is 11. The molecule has 0 saturated heterocycles. The lowest BCUT2D eigenvalue weighted by Crippen LogP contribution is -2.36. The number of ether oxygens (including phenoxy) is 1. The van der Waals surface area contributed by atoms with E-state index >= 15 is 0 Å². The van der Waals surface area contributed by atoms with Gasteiger partial charge < -0.3 is 9.64 Å². The van der Waals surface area contributed by atoms with E-state index in [9.17, 15) is 21.6 Å². The van der Waals surface area contributed by atoms with Crippen LogP contribution in [0.3, 0.4) is 0 Å². The van der Waals surface area contributed by atoms with E-state index < -0.39 is 19.7 Å². The summed E-state index contributed by atoms with van der Waals surface area (Å²) in [6.07, 6.45) is 1.34. The molecule has 9 nitrogen and oxygen atoms in total. The summed E-state index contributed by atoms with van der Waals surface area (Å²) in [5.74, 6) is 0.166. The van der Waals surface area contributed by atoms with Gasteiger partial charge >= 0.3 is 0 Å². The molecule has 3 rings (SSSR count). The number of hydrogen-bond acceptors (Lipinski definition) is 9. The summed E-state index contributed by atoms with van der Waals surface area (Å²) in [6, 6.07) is 10.8. The first-order chi connectivity index (χ1) is 16.4. The lowest BCUT2D eigenvalue weighted by molar-refractivity contribution is -0.118. The molecule has 0 spiro atoms. The monoisotopic (exact) mass is 575 g/mol. The van der Waals surface area contributed by atoms with Gasteiger partial charge in [0.2, 0.25) is 5.91 Å². The van der Waals surface area contributed by atoms with Crippen molar-refractivity contribution in [3.05, 3.63) is 42.5 Å². The Morgan fingerprint density at radius 2 is 1.64 bits per heavy atom. The second kappa shape index (κ2) is 12.3. The van der Waals surface area contributed by atoms with E-state index in [0.29, 0.717) is 34.2 Å². The molecule has 36 heavy (non-hydrogen) atoms. The van der Waals surface area contributed by atoms with Crippen LogP contribution in [0.2, 0.25) is 0 Å². The third kappa shape index (κ3) is 7.62. The Kier molecular flexibility index (Phi) is 10.3. The van der Waals surface area contributed by atoms with E-state index in [1.165, 1.54) is 36.6 Å². The molecule has 2 aromatic carbocycles. The fourth-order valence-corrected chi connectivity index (χ4v) is 6.40. The number of anilines is 1. The van der Waals surface area contributed by atoms with E-state index in [-0.39, 0.29) is 46.7 Å². The lowest BCUT2D eigenvalue weighted by atomic mass is 10.3. The Hall–Kier alpha value is -2.25. The Balaban J connectivity index is 0.00000456. The number of fused-ring (bicyclic) bond motifs is 1. The van der Waals surface area contributed by atoms with Crippen LogP contribution in [0.15, 0.2) is 52.3 Å². The number of carbonyl (C=O) groups excluding carboxylic acids is 1. The number of likely N-dealkylation sites (N-methyl/N-ethyl adjacent to an activating group) is 1.